The topological polar surface area (TPSA) is 149 Å². The van der Waals surface area contributed by atoms with Crippen molar-refractivity contribution in [2.75, 3.05) is 46.2 Å². The van der Waals surface area contributed by atoms with Gasteiger partial charge in [-0.1, -0.05) is 254 Å². The Balaban J connectivity index is -0.000000126. The second-order valence-electron chi connectivity index (χ2n) is 20.7. The average Bonchev–Trinajstić information content (AvgIpc) is 3.40. The van der Waals surface area contributed by atoms with Crippen molar-refractivity contribution < 1.29 is 52.5 Å². The predicted molar refractivity (Wildman–Crippen MR) is 338 cm³/mol. The number of carbonyl (C=O) groups excluding carboxylic acids is 6. The van der Waals surface area contributed by atoms with Gasteiger partial charge in [0.1, 0.15) is 19.0 Å². The summed E-state index contributed by atoms with van der Waals surface area (Å²) in [5.74, 6) is 0.893. The molecule has 0 aliphatic carbocycles. The number of rotatable bonds is 40. The smallest absolute Gasteiger partial charge is 0.306 e. The molecule has 0 aliphatic rings. The van der Waals surface area contributed by atoms with Crippen molar-refractivity contribution in [2.24, 2.45) is 17.8 Å². The third kappa shape index (κ3) is 125. The monoisotopic (exact) mass is 1120 g/mol. The molecule has 11 heteroatoms. The van der Waals surface area contributed by atoms with Crippen molar-refractivity contribution in [3.8, 4) is 0 Å². The fraction of sp³-hybridized carbons (Fsp3) is 0.910. The third-order valence-corrected chi connectivity index (χ3v) is 10.3. The molecule has 0 saturated carbocycles. The SMILES string of the molecule is CC.CCC.CCC.CCCC.CCCCC(C)=O.CCCCC(C)C.CCCCCCCCC(=O)COCC(COC(=O)CCCCCCCC)CC(=O)OCCC(C)C.CCCCOC(=O)CC.CCCOCC(C)=O. The van der Waals surface area contributed by atoms with Gasteiger partial charge < -0.3 is 28.5 Å². The lowest BCUT2D eigenvalue weighted by Gasteiger charge is -2.17. The maximum absolute atomic E-state index is 12.2. The molecule has 0 bridgehead atoms. The molecule has 0 radical (unpaired) electrons. The fourth-order valence-electron chi connectivity index (χ4n) is 5.55. The van der Waals surface area contributed by atoms with Crippen molar-refractivity contribution in [2.45, 2.75) is 338 Å². The van der Waals surface area contributed by atoms with Crippen LogP contribution in [0.5, 0.6) is 0 Å². The van der Waals surface area contributed by atoms with E-state index in [1.54, 1.807) is 13.8 Å². The molecule has 0 aliphatic heterocycles. The third-order valence-electron chi connectivity index (χ3n) is 10.3. The van der Waals surface area contributed by atoms with Crippen LogP contribution >= 0.6 is 0 Å². The molecule has 11 nitrogen and oxygen atoms in total. The second kappa shape index (κ2) is 90.9. The summed E-state index contributed by atoms with van der Waals surface area (Å²) >= 11 is 0. The van der Waals surface area contributed by atoms with Crippen LogP contribution in [-0.2, 0) is 52.5 Å². The summed E-state index contributed by atoms with van der Waals surface area (Å²) in [6.07, 6.45) is 31.1. The predicted octanol–water partition coefficient (Wildman–Crippen LogP) is 20.2. The number of hydrogen-bond donors (Lipinski definition) is 0. The lowest BCUT2D eigenvalue weighted by molar-refractivity contribution is -0.151. The van der Waals surface area contributed by atoms with Crippen LogP contribution in [0.15, 0.2) is 0 Å². The first-order chi connectivity index (χ1) is 37.2. The van der Waals surface area contributed by atoms with Crippen molar-refractivity contribution in [3.63, 3.8) is 0 Å². The lowest BCUT2D eigenvalue weighted by Crippen LogP contribution is -2.24. The van der Waals surface area contributed by atoms with Crippen molar-refractivity contribution in [1.29, 1.82) is 0 Å². The van der Waals surface area contributed by atoms with E-state index in [1.165, 1.54) is 96.8 Å². The van der Waals surface area contributed by atoms with Crippen LogP contribution in [0.3, 0.4) is 0 Å². The Morgan fingerprint density at radius 1 is 0.359 bits per heavy atom. The van der Waals surface area contributed by atoms with E-state index >= 15 is 0 Å². The first kappa shape index (κ1) is 94.6. The number of Topliss-reactive ketones (excluding diaryl/α,β-unsaturated/α-hetero) is 3. The van der Waals surface area contributed by atoms with Gasteiger partial charge in [-0.25, -0.2) is 0 Å². The number of esters is 3. The van der Waals surface area contributed by atoms with Crippen LogP contribution in [0, 0.1) is 17.8 Å². The highest BCUT2D eigenvalue weighted by molar-refractivity contribution is 5.79. The minimum Gasteiger partial charge on any atom is -0.466 e. The van der Waals surface area contributed by atoms with Gasteiger partial charge in [-0.2, -0.15) is 0 Å². The van der Waals surface area contributed by atoms with E-state index in [9.17, 15) is 28.8 Å². The Kier molecular flexibility index (Phi) is 110. The van der Waals surface area contributed by atoms with Gasteiger partial charge in [-0.3, -0.25) is 24.0 Å². The minimum absolute atomic E-state index is 0.0412. The minimum atomic E-state index is -0.315. The lowest BCUT2D eigenvalue weighted by atomic mass is 10.1. The molecule has 0 amide bonds. The molecule has 0 aromatic heterocycles. The van der Waals surface area contributed by atoms with Gasteiger partial charge in [0.25, 0.3) is 0 Å². The molecule has 0 fully saturated rings. The molecule has 0 spiro atoms. The second-order valence-corrected chi connectivity index (χ2v) is 20.7. The molecule has 0 saturated heterocycles. The maximum atomic E-state index is 12.2. The van der Waals surface area contributed by atoms with Crippen LogP contribution < -0.4 is 0 Å². The molecule has 0 aromatic rings. The zero-order chi connectivity index (χ0) is 61.9. The zero-order valence-corrected chi connectivity index (χ0v) is 56.4. The zero-order valence-electron chi connectivity index (χ0n) is 56.4. The summed E-state index contributed by atoms with van der Waals surface area (Å²) in [6.45, 7) is 45.6. The van der Waals surface area contributed by atoms with E-state index in [4.69, 9.17) is 23.7 Å². The van der Waals surface area contributed by atoms with Crippen LogP contribution in [0.2, 0.25) is 0 Å². The van der Waals surface area contributed by atoms with Gasteiger partial charge >= 0.3 is 17.9 Å². The summed E-state index contributed by atoms with van der Waals surface area (Å²) in [6, 6.07) is 0. The summed E-state index contributed by atoms with van der Waals surface area (Å²) in [5, 5.41) is 0. The average molecular weight is 1120 g/mol. The first-order valence-electron chi connectivity index (χ1n) is 32.4. The highest BCUT2D eigenvalue weighted by atomic mass is 16.5. The standard InChI is InChI=1S/C29H54O6.C7H14O2.C7H16.C6H12O2.C6H12O.C4H10.2C3H8.C2H6/c1-5-7-9-11-13-15-17-27(30)24-33-22-26(21-29(32)34-20-19-25(3)4)23-35-28(31)18-16-14-12-10-8-6-2;1-3-5-6-9-7(8)4-2;1-4-5-6-7(2)3;1-3-4-8-5-6(2)7;1-3-4-5-6(2)7;1-3-4-2;2*1-3-2;1-2/h25-26H,5-24H2,1-4H3;3-6H2,1-2H3;7H,4-6H2,1-3H3;3-5H2,1-2H3;3-5H2,1-2H3;3-4H2,1-2H3;2*3H2,1-2H3;1-2H3. The van der Waals surface area contributed by atoms with Crippen molar-refractivity contribution >= 4 is 35.3 Å². The summed E-state index contributed by atoms with van der Waals surface area (Å²) < 4.78 is 26.1. The Bertz CT molecular complexity index is 1130. The molecular formula is C67H140O11. The number of unbranched alkanes of at least 4 members (excludes halogenated alkanes) is 14. The normalized spacial score (nSPS) is 10.0. The van der Waals surface area contributed by atoms with E-state index in [2.05, 4.69) is 104 Å². The molecule has 0 N–H and O–H groups in total. The maximum Gasteiger partial charge on any atom is 0.306 e. The molecule has 1 atom stereocenters. The van der Waals surface area contributed by atoms with E-state index in [1.807, 2.05) is 20.8 Å². The quantitative estimate of drug-likeness (QED) is 0.0328. The van der Waals surface area contributed by atoms with Gasteiger partial charge in [-0.05, 0) is 64.2 Å². The Hall–Kier alpha value is -2.66. The number of carbonyl (C=O) groups is 6. The highest BCUT2D eigenvalue weighted by Crippen LogP contribution is 2.13. The first-order valence-corrected chi connectivity index (χ1v) is 32.4. The fourth-order valence-corrected chi connectivity index (χ4v) is 5.55. The molecule has 474 valence electrons. The number of hydrogen-bond acceptors (Lipinski definition) is 11. The van der Waals surface area contributed by atoms with Gasteiger partial charge in [0.05, 0.1) is 32.8 Å². The van der Waals surface area contributed by atoms with Gasteiger partial charge in [0.15, 0.2) is 11.6 Å². The Labute approximate surface area is 487 Å². The molecular weight excluding hydrogens is 981 g/mol. The largest absolute Gasteiger partial charge is 0.466 e. The van der Waals surface area contributed by atoms with E-state index < -0.39 is 0 Å². The van der Waals surface area contributed by atoms with Crippen molar-refractivity contribution in [3.05, 3.63) is 0 Å². The Morgan fingerprint density at radius 2 is 0.808 bits per heavy atom. The Morgan fingerprint density at radius 3 is 1.19 bits per heavy atom. The van der Waals surface area contributed by atoms with Gasteiger partial charge in [-0.15, -0.1) is 0 Å². The van der Waals surface area contributed by atoms with E-state index in [0.717, 1.165) is 83.0 Å². The van der Waals surface area contributed by atoms with Crippen LogP contribution in [0.4, 0.5) is 0 Å². The number of ether oxygens (including phenoxy) is 5. The van der Waals surface area contributed by atoms with Crippen LogP contribution in [0.25, 0.3) is 0 Å². The van der Waals surface area contributed by atoms with E-state index in [-0.39, 0.29) is 68.2 Å². The number of ketones is 3. The molecule has 1 unspecified atom stereocenters. The van der Waals surface area contributed by atoms with Crippen LogP contribution in [-0.4, -0.2) is 81.5 Å². The highest BCUT2D eigenvalue weighted by Gasteiger charge is 2.19. The van der Waals surface area contributed by atoms with Gasteiger partial charge in [0, 0.05) is 38.2 Å². The summed E-state index contributed by atoms with van der Waals surface area (Å²) in [7, 11) is 0. The molecule has 0 rings (SSSR count). The summed E-state index contributed by atoms with van der Waals surface area (Å²) in [5.41, 5.74) is 0. The van der Waals surface area contributed by atoms with E-state index in [0.29, 0.717) is 50.8 Å². The van der Waals surface area contributed by atoms with Gasteiger partial charge in [0.2, 0.25) is 0 Å². The van der Waals surface area contributed by atoms with Crippen molar-refractivity contribution in [1.82, 2.24) is 0 Å². The molecule has 0 heterocycles. The van der Waals surface area contributed by atoms with Crippen LogP contribution in [0.1, 0.15) is 338 Å². The summed E-state index contributed by atoms with van der Waals surface area (Å²) in [4.78, 5) is 67.3. The molecule has 0 aromatic carbocycles. The molecule has 78 heavy (non-hydrogen) atoms.